The minimum Gasteiger partial charge on any atom is -0.493 e. The second-order valence-electron chi connectivity index (χ2n) is 9.35. The minimum absolute atomic E-state index is 0.174. The molecule has 1 aliphatic heterocycles. The van der Waals surface area contributed by atoms with Gasteiger partial charge >= 0.3 is 0 Å². The molecule has 7 heteroatoms. The molecule has 1 aromatic carbocycles. The van der Waals surface area contributed by atoms with Crippen molar-refractivity contribution in [3.8, 4) is 11.5 Å². The normalized spacial score (nSPS) is 21.7. The topological polar surface area (TPSA) is 60.5 Å². The van der Waals surface area contributed by atoms with Crippen LogP contribution >= 0.6 is 0 Å². The fraction of sp³-hybridized carbons (Fsp3) is 0.536. The molecule has 1 aromatic rings. The van der Waals surface area contributed by atoms with Crippen molar-refractivity contribution in [1.29, 1.82) is 0 Å². The Morgan fingerprint density at radius 3 is 2.37 bits per heavy atom. The van der Waals surface area contributed by atoms with Crippen LogP contribution in [0.2, 0.25) is 0 Å². The predicted octanol–water partition coefficient (Wildman–Crippen LogP) is 3.98. The quantitative estimate of drug-likeness (QED) is 0.501. The van der Waals surface area contributed by atoms with Crippen molar-refractivity contribution in [1.82, 2.24) is 9.80 Å². The maximum Gasteiger partial charge on any atom is 0.227 e. The van der Waals surface area contributed by atoms with Crippen LogP contribution in [0.5, 0.6) is 11.5 Å². The second kappa shape index (κ2) is 12.7. The highest BCUT2D eigenvalue weighted by molar-refractivity contribution is 5.80. The molecule has 1 aliphatic carbocycles. The zero-order valence-electron chi connectivity index (χ0n) is 21.9. The molecule has 0 N–H and O–H groups in total. The molecule has 0 radical (unpaired) electrons. The molecule has 0 saturated heterocycles. The van der Waals surface area contributed by atoms with E-state index in [1.165, 1.54) is 0 Å². The number of allylic oxidation sites excluding steroid dienone is 3. The minimum atomic E-state index is 0.174. The summed E-state index contributed by atoms with van der Waals surface area (Å²) >= 11 is 0. The van der Waals surface area contributed by atoms with Crippen molar-refractivity contribution in [2.45, 2.75) is 32.1 Å². The second-order valence-corrected chi connectivity index (χ2v) is 9.35. The van der Waals surface area contributed by atoms with Gasteiger partial charge in [0.1, 0.15) is 0 Å². The molecular weight excluding hydrogens is 444 g/mol. The van der Waals surface area contributed by atoms with Gasteiger partial charge in [-0.3, -0.25) is 4.79 Å². The van der Waals surface area contributed by atoms with Crippen LogP contribution in [-0.4, -0.2) is 77.4 Å². The van der Waals surface area contributed by atoms with E-state index in [1.54, 1.807) is 28.4 Å². The lowest BCUT2D eigenvalue weighted by atomic mass is 9.93. The molecule has 7 nitrogen and oxygen atoms in total. The number of benzene rings is 1. The Morgan fingerprint density at radius 1 is 1.03 bits per heavy atom. The fourth-order valence-corrected chi connectivity index (χ4v) is 4.94. The van der Waals surface area contributed by atoms with Crippen LogP contribution in [0, 0.1) is 5.92 Å². The third kappa shape index (κ3) is 7.04. The van der Waals surface area contributed by atoms with Crippen LogP contribution in [0.1, 0.15) is 30.4 Å². The molecule has 0 unspecified atom stereocenters. The SMILES string of the molecule is C=C1/C=C(OC)\C(OC)=C/C[C@@H](CN(C)CCCN2CCc3cc(OC)c(OC)cc3CC2=O)C1. The highest BCUT2D eigenvalue weighted by Crippen LogP contribution is 2.32. The van der Waals surface area contributed by atoms with Crippen molar-refractivity contribution >= 4 is 5.91 Å². The highest BCUT2D eigenvalue weighted by atomic mass is 16.5. The van der Waals surface area contributed by atoms with Gasteiger partial charge in [-0.25, -0.2) is 0 Å². The molecule has 1 amide bonds. The van der Waals surface area contributed by atoms with Crippen LogP contribution in [0.25, 0.3) is 0 Å². The zero-order chi connectivity index (χ0) is 25.4. The molecule has 0 saturated carbocycles. The van der Waals surface area contributed by atoms with Crippen molar-refractivity contribution in [3.63, 3.8) is 0 Å². The molecule has 2 aliphatic rings. The van der Waals surface area contributed by atoms with E-state index in [1.807, 2.05) is 23.1 Å². The van der Waals surface area contributed by atoms with Crippen molar-refractivity contribution in [3.05, 3.63) is 59.1 Å². The van der Waals surface area contributed by atoms with Crippen molar-refractivity contribution in [2.24, 2.45) is 5.92 Å². The highest BCUT2D eigenvalue weighted by Gasteiger charge is 2.23. The van der Waals surface area contributed by atoms with E-state index in [2.05, 4.69) is 24.6 Å². The van der Waals surface area contributed by atoms with Crippen LogP contribution in [0.15, 0.2) is 48.0 Å². The van der Waals surface area contributed by atoms with Gasteiger partial charge in [0.2, 0.25) is 5.91 Å². The van der Waals surface area contributed by atoms with E-state index in [-0.39, 0.29) is 5.91 Å². The van der Waals surface area contributed by atoms with E-state index < -0.39 is 0 Å². The summed E-state index contributed by atoms with van der Waals surface area (Å²) in [5.74, 6) is 3.50. The summed E-state index contributed by atoms with van der Waals surface area (Å²) in [6.07, 6.45) is 8.07. The van der Waals surface area contributed by atoms with Crippen molar-refractivity contribution in [2.75, 3.05) is 61.7 Å². The number of hydrogen-bond acceptors (Lipinski definition) is 6. The Labute approximate surface area is 210 Å². The number of carbonyl (C=O) groups excluding carboxylic acids is 1. The number of ether oxygens (including phenoxy) is 4. The van der Waals surface area contributed by atoms with Gasteiger partial charge in [-0.1, -0.05) is 12.2 Å². The molecule has 1 atom stereocenters. The van der Waals surface area contributed by atoms with E-state index >= 15 is 0 Å². The van der Waals surface area contributed by atoms with Gasteiger partial charge in [-0.15, -0.1) is 0 Å². The van der Waals surface area contributed by atoms with Crippen LogP contribution in [0.4, 0.5) is 0 Å². The van der Waals surface area contributed by atoms with Crippen LogP contribution in [-0.2, 0) is 27.1 Å². The van der Waals surface area contributed by atoms with Gasteiger partial charge in [0.25, 0.3) is 0 Å². The Kier molecular flexibility index (Phi) is 9.66. The molecule has 0 fully saturated rings. The summed E-state index contributed by atoms with van der Waals surface area (Å²) < 4.78 is 21.8. The van der Waals surface area contributed by atoms with E-state index in [0.29, 0.717) is 23.8 Å². The van der Waals surface area contributed by atoms with Gasteiger partial charge < -0.3 is 28.7 Å². The first-order chi connectivity index (χ1) is 16.9. The summed E-state index contributed by atoms with van der Waals surface area (Å²) in [4.78, 5) is 17.3. The monoisotopic (exact) mass is 484 g/mol. The number of carbonyl (C=O) groups is 1. The number of methoxy groups -OCH3 is 4. The summed E-state index contributed by atoms with van der Waals surface area (Å²) in [6, 6.07) is 3.95. The average Bonchev–Trinajstić information content (AvgIpc) is 2.99. The van der Waals surface area contributed by atoms with E-state index in [0.717, 1.165) is 80.1 Å². The number of amides is 1. The van der Waals surface area contributed by atoms with Gasteiger partial charge in [0, 0.05) is 19.6 Å². The third-order valence-corrected chi connectivity index (χ3v) is 6.79. The summed E-state index contributed by atoms with van der Waals surface area (Å²) in [7, 11) is 8.73. The van der Waals surface area contributed by atoms with Crippen LogP contribution < -0.4 is 9.47 Å². The maximum atomic E-state index is 12.9. The maximum absolute atomic E-state index is 12.9. The fourth-order valence-electron chi connectivity index (χ4n) is 4.94. The van der Waals surface area contributed by atoms with E-state index in [4.69, 9.17) is 18.9 Å². The van der Waals surface area contributed by atoms with Crippen LogP contribution in [0.3, 0.4) is 0 Å². The Hall–Kier alpha value is -2.93. The zero-order valence-corrected chi connectivity index (χ0v) is 21.9. The number of nitrogens with zero attached hydrogens (tertiary/aromatic N) is 2. The molecular formula is C28H40N2O5. The first kappa shape index (κ1) is 26.7. The van der Waals surface area contributed by atoms with Crippen molar-refractivity contribution < 1.29 is 23.7 Å². The van der Waals surface area contributed by atoms with Gasteiger partial charge in [-0.2, -0.15) is 0 Å². The smallest absolute Gasteiger partial charge is 0.227 e. The summed E-state index contributed by atoms with van der Waals surface area (Å²) in [5, 5.41) is 0. The lowest BCUT2D eigenvalue weighted by Crippen LogP contribution is -2.35. The van der Waals surface area contributed by atoms with Gasteiger partial charge in [-0.05, 0) is 80.6 Å². The predicted molar refractivity (Wildman–Crippen MR) is 138 cm³/mol. The largest absolute Gasteiger partial charge is 0.493 e. The molecule has 35 heavy (non-hydrogen) atoms. The standard InChI is InChI=1S/C28H40N2O5/c1-20-14-21(8-9-24(32-3)25(15-20)33-4)19-29(2)11-7-12-30-13-10-22-16-26(34-5)27(35-6)17-23(22)18-28(30)31/h9,15-17,21H,1,7-8,10-14,18-19H2,2-6H3/b24-9+,25-15+/t21-/m1/s1. The Balaban J connectivity index is 1.51. The lowest BCUT2D eigenvalue weighted by molar-refractivity contribution is -0.130. The summed E-state index contributed by atoms with van der Waals surface area (Å²) in [6.45, 7) is 7.58. The van der Waals surface area contributed by atoms with E-state index in [9.17, 15) is 4.79 Å². The first-order valence-corrected chi connectivity index (χ1v) is 12.3. The molecule has 0 spiro atoms. The summed E-state index contributed by atoms with van der Waals surface area (Å²) in [5.41, 5.74) is 3.24. The lowest BCUT2D eigenvalue weighted by Gasteiger charge is -2.26. The first-order valence-electron chi connectivity index (χ1n) is 12.3. The average molecular weight is 485 g/mol. The molecule has 3 rings (SSSR count). The molecule has 0 aromatic heterocycles. The Bertz CT molecular complexity index is 968. The molecule has 0 bridgehead atoms. The molecule has 1 heterocycles. The van der Waals surface area contributed by atoms with Gasteiger partial charge in [0.05, 0.1) is 34.9 Å². The molecule has 192 valence electrons. The number of hydrogen-bond donors (Lipinski definition) is 0. The van der Waals surface area contributed by atoms with Gasteiger partial charge in [0.15, 0.2) is 23.0 Å². The number of fused-ring (bicyclic) bond motifs is 1. The number of rotatable bonds is 10. The third-order valence-electron chi connectivity index (χ3n) is 6.79. The Morgan fingerprint density at radius 2 is 1.71 bits per heavy atom.